The zero-order valence-corrected chi connectivity index (χ0v) is 20.2. The summed E-state index contributed by atoms with van der Waals surface area (Å²) >= 11 is 2.61. The lowest BCUT2D eigenvalue weighted by atomic mass is 10.3. The van der Waals surface area contributed by atoms with Crippen LogP contribution < -0.4 is 5.32 Å². The molecule has 1 saturated heterocycles. The number of rotatable bonds is 8. The van der Waals surface area contributed by atoms with E-state index in [0.29, 0.717) is 27.9 Å². The number of fused-ring (bicyclic) bond motifs is 2. The minimum absolute atomic E-state index is 0.113. The summed E-state index contributed by atoms with van der Waals surface area (Å²) in [6.45, 7) is 5.44. The maximum atomic E-state index is 14.8. The van der Waals surface area contributed by atoms with Gasteiger partial charge in [-0.3, -0.25) is 19.0 Å². The number of benzene rings is 1. The Morgan fingerprint density at radius 3 is 2.88 bits per heavy atom. The average molecular weight is 502 g/mol. The summed E-state index contributed by atoms with van der Waals surface area (Å²) < 4.78 is 22.5. The number of hydrogen-bond acceptors (Lipinski definition) is 9. The van der Waals surface area contributed by atoms with Gasteiger partial charge in [0.1, 0.15) is 10.8 Å². The van der Waals surface area contributed by atoms with Crippen molar-refractivity contribution in [3.63, 3.8) is 0 Å². The largest absolute Gasteiger partial charge is 0.383 e. The molecule has 0 radical (unpaired) electrons. The first kappa shape index (κ1) is 23.1. The summed E-state index contributed by atoms with van der Waals surface area (Å²) in [4.78, 5) is 30.3. The van der Waals surface area contributed by atoms with Crippen LogP contribution >= 0.6 is 23.1 Å². The van der Waals surface area contributed by atoms with Crippen LogP contribution in [-0.4, -0.2) is 88.0 Å². The van der Waals surface area contributed by atoms with Crippen molar-refractivity contribution in [2.75, 3.05) is 58.3 Å². The minimum atomic E-state index is -0.370. The number of carbonyl (C=O) groups is 1. The number of nitrogens with one attached hydrogen (secondary N) is 1. The highest BCUT2D eigenvalue weighted by Gasteiger charge is 2.20. The molecule has 34 heavy (non-hydrogen) atoms. The fourth-order valence-corrected chi connectivity index (χ4v) is 5.69. The fourth-order valence-electron chi connectivity index (χ4n) is 3.81. The van der Waals surface area contributed by atoms with Crippen LogP contribution in [-0.2, 0) is 9.53 Å². The van der Waals surface area contributed by atoms with Gasteiger partial charge in [0.25, 0.3) is 0 Å². The molecule has 4 aromatic rings. The molecule has 12 heteroatoms. The zero-order chi connectivity index (χ0) is 23.5. The topological polar surface area (TPSA) is 87.9 Å². The molecule has 5 rings (SSSR count). The average Bonchev–Trinajstić information content (AvgIpc) is 3.42. The summed E-state index contributed by atoms with van der Waals surface area (Å²) in [5, 5.41) is 4.11. The maximum absolute atomic E-state index is 14.8. The van der Waals surface area contributed by atoms with Gasteiger partial charge in [0.05, 0.1) is 34.5 Å². The van der Waals surface area contributed by atoms with E-state index in [4.69, 9.17) is 4.74 Å². The van der Waals surface area contributed by atoms with Gasteiger partial charge >= 0.3 is 0 Å². The Kier molecular flexibility index (Phi) is 7.02. The molecule has 1 N–H and O–H groups in total. The number of hydrogen-bond donors (Lipinski definition) is 1. The number of nitrogens with zero attached hydrogens (tertiary/aromatic N) is 6. The van der Waals surface area contributed by atoms with Crippen LogP contribution in [0.3, 0.4) is 0 Å². The highest BCUT2D eigenvalue weighted by atomic mass is 32.2. The SMILES string of the molecule is COCCN1CCN(CC(=O)Nc2nc3cc(F)c(Sc4cnc5ncccn45)cc3s2)CC1. The van der Waals surface area contributed by atoms with Crippen molar-refractivity contribution in [2.45, 2.75) is 9.92 Å². The second-order valence-electron chi connectivity index (χ2n) is 7.92. The van der Waals surface area contributed by atoms with Crippen LogP contribution in [0.1, 0.15) is 0 Å². The number of methoxy groups -OCH3 is 1. The Balaban J connectivity index is 1.22. The van der Waals surface area contributed by atoms with Gasteiger partial charge in [-0.2, -0.15) is 0 Å². The number of halogens is 1. The van der Waals surface area contributed by atoms with Crippen LogP contribution in [0.25, 0.3) is 16.0 Å². The molecule has 0 bridgehead atoms. The summed E-state index contributed by atoms with van der Waals surface area (Å²) in [5.74, 6) is 0.0780. The monoisotopic (exact) mass is 501 g/mol. The maximum Gasteiger partial charge on any atom is 0.240 e. The Morgan fingerprint density at radius 2 is 2.06 bits per heavy atom. The van der Waals surface area contributed by atoms with Gasteiger partial charge in [-0.15, -0.1) is 0 Å². The molecule has 3 aromatic heterocycles. The number of imidazole rings is 1. The smallest absolute Gasteiger partial charge is 0.240 e. The Bertz CT molecular complexity index is 1300. The second kappa shape index (κ2) is 10.3. The molecule has 1 aromatic carbocycles. The molecule has 0 saturated carbocycles. The Morgan fingerprint density at radius 1 is 1.24 bits per heavy atom. The van der Waals surface area contributed by atoms with Crippen LogP contribution in [0.2, 0.25) is 0 Å². The van der Waals surface area contributed by atoms with E-state index >= 15 is 0 Å². The molecule has 1 aliphatic rings. The summed E-state index contributed by atoms with van der Waals surface area (Å²) in [6.07, 6.45) is 5.18. The van der Waals surface area contributed by atoms with Gasteiger partial charge < -0.3 is 10.1 Å². The first-order valence-electron chi connectivity index (χ1n) is 10.9. The Labute approximate surface area is 203 Å². The van der Waals surface area contributed by atoms with E-state index in [1.807, 2.05) is 10.6 Å². The summed E-state index contributed by atoms with van der Waals surface area (Å²) in [6, 6.07) is 4.97. The van der Waals surface area contributed by atoms with Gasteiger partial charge in [-0.05, 0) is 12.1 Å². The van der Waals surface area contributed by atoms with E-state index in [1.54, 1.807) is 31.6 Å². The summed E-state index contributed by atoms with van der Waals surface area (Å²) in [5.41, 5.74) is 0.522. The quantitative estimate of drug-likeness (QED) is 0.394. The van der Waals surface area contributed by atoms with E-state index in [1.165, 1.54) is 29.2 Å². The van der Waals surface area contributed by atoms with Crippen LogP contribution in [0.15, 0.2) is 46.7 Å². The normalized spacial score (nSPS) is 15.4. The lowest BCUT2D eigenvalue weighted by molar-refractivity contribution is -0.117. The van der Waals surface area contributed by atoms with Gasteiger partial charge in [0, 0.05) is 58.3 Å². The zero-order valence-electron chi connectivity index (χ0n) is 18.6. The predicted molar refractivity (Wildman–Crippen MR) is 130 cm³/mol. The molecule has 4 heterocycles. The number of amides is 1. The third-order valence-corrected chi connectivity index (χ3v) is 7.58. The van der Waals surface area contributed by atoms with Crippen LogP contribution in [0.5, 0.6) is 0 Å². The van der Waals surface area contributed by atoms with Crippen LogP contribution in [0.4, 0.5) is 9.52 Å². The molecule has 0 spiro atoms. The number of piperazine rings is 1. The van der Waals surface area contributed by atoms with E-state index in [2.05, 4.69) is 30.1 Å². The molecule has 1 fully saturated rings. The number of carbonyl (C=O) groups excluding carboxylic acids is 1. The van der Waals surface area contributed by atoms with Crippen molar-refractivity contribution in [2.24, 2.45) is 0 Å². The minimum Gasteiger partial charge on any atom is -0.383 e. The van der Waals surface area contributed by atoms with Gasteiger partial charge in [-0.1, -0.05) is 23.1 Å². The van der Waals surface area contributed by atoms with Crippen molar-refractivity contribution in [3.05, 3.63) is 42.6 Å². The van der Waals surface area contributed by atoms with Crippen molar-refractivity contribution in [3.8, 4) is 0 Å². The van der Waals surface area contributed by atoms with Gasteiger partial charge in [0.2, 0.25) is 11.7 Å². The van der Waals surface area contributed by atoms with Crippen molar-refractivity contribution >= 4 is 50.1 Å². The van der Waals surface area contributed by atoms with E-state index in [-0.39, 0.29) is 11.7 Å². The highest BCUT2D eigenvalue weighted by Crippen LogP contribution is 2.35. The molecule has 9 nitrogen and oxygen atoms in total. The molecule has 0 atom stereocenters. The number of ether oxygens (including phenoxy) is 1. The lowest BCUT2D eigenvalue weighted by Gasteiger charge is -2.33. The third kappa shape index (κ3) is 5.20. The standard InChI is InChI=1S/C22H24FN7O2S2/c1-32-10-9-28-5-7-29(8-6-28)14-19(31)27-22-26-16-11-15(23)17(12-18(16)34-22)33-20-13-25-21-24-3-2-4-30(20)21/h2-4,11-13H,5-10,14H2,1H3,(H,26,27,31). The number of anilines is 1. The first-order valence-corrected chi connectivity index (χ1v) is 12.5. The molecule has 178 valence electrons. The number of thiazole rings is 1. The molecule has 0 aliphatic carbocycles. The Hall–Kier alpha value is -2.64. The summed E-state index contributed by atoms with van der Waals surface area (Å²) in [7, 11) is 1.70. The third-order valence-electron chi connectivity index (χ3n) is 5.60. The van der Waals surface area contributed by atoms with Crippen molar-refractivity contribution in [1.82, 2.24) is 29.2 Å². The molecule has 1 amide bonds. The lowest BCUT2D eigenvalue weighted by Crippen LogP contribution is -2.49. The molecular weight excluding hydrogens is 477 g/mol. The van der Waals surface area contributed by atoms with Gasteiger partial charge in [-0.25, -0.2) is 19.3 Å². The van der Waals surface area contributed by atoms with E-state index in [0.717, 1.165) is 49.1 Å². The second-order valence-corrected chi connectivity index (χ2v) is 10.0. The first-order chi connectivity index (χ1) is 16.6. The van der Waals surface area contributed by atoms with Gasteiger partial charge in [0.15, 0.2) is 5.13 Å². The van der Waals surface area contributed by atoms with Crippen molar-refractivity contribution < 1.29 is 13.9 Å². The molecular formula is C22H24FN7O2S2. The fraction of sp³-hybridized carbons (Fsp3) is 0.364. The predicted octanol–water partition coefficient (Wildman–Crippen LogP) is 2.83. The molecule has 0 unspecified atom stereocenters. The van der Waals surface area contributed by atoms with E-state index < -0.39 is 0 Å². The number of aromatic nitrogens is 4. The molecule has 1 aliphatic heterocycles. The van der Waals surface area contributed by atoms with Crippen molar-refractivity contribution in [1.29, 1.82) is 0 Å². The highest BCUT2D eigenvalue weighted by molar-refractivity contribution is 7.99. The van der Waals surface area contributed by atoms with E-state index in [9.17, 15) is 9.18 Å². The van der Waals surface area contributed by atoms with Crippen LogP contribution in [0, 0.1) is 5.82 Å².